The molecule has 0 bridgehead atoms. The molecule has 28 heavy (non-hydrogen) atoms. The number of hydrogen-bond acceptors (Lipinski definition) is 7. The van der Waals surface area contributed by atoms with E-state index in [1.165, 1.54) is 17.7 Å². The fraction of sp³-hybridized carbons (Fsp3) is 0.368. The molecular formula is C19H19N5OS3. The van der Waals surface area contributed by atoms with Crippen LogP contribution >= 0.6 is 34.4 Å². The van der Waals surface area contributed by atoms with Gasteiger partial charge in [-0.15, -0.1) is 32.9 Å². The number of aromatic nitrogens is 5. The van der Waals surface area contributed by atoms with E-state index in [0.29, 0.717) is 17.6 Å². The van der Waals surface area contributed by atoms with Gasteiger partial charge in [-0.1, -0.05) is 17.8 Å². The Hall–Kier alpha value is -1.97. The molecule has 0 aromatic carbocycles. The zero-order valence-electron chi connectivity index (χ0n) is 15.6. The number of fused-ring (bicyclic) bond motifs is 1. The van der Waals surface area contributed by atoms with Crippen molar-refractivity contribution in [3.8, 4) is 0 Å². The lowest BCUT2D eigenvalue weighted by atomic mass is 10.2. The highest BCUT2D eigenvalue weighted by atomic mass is 32.2. The van der Waals surface area contributed by atoms with Gasteiger partial charge in [0.25, 0.3) is 5.56 Å². The monoisotopic (exact) mass is 429 g/mol. The smallest absolute Gasteiger partial charge is 0.259 e. The van der Waals surface area contributed by atoms with Crippen LogP contribution < -0.4 is 5.56 Å². The van der Waals surface area contributed by atoms with Crippen molar-refractivity contribution >= 4 is 44.7 Å². The summed E-state index contributed by atoms with van der Waals surface area (Å²) >= 11 is 4.92. The average molecular weight is 430 g/mol. The molecule has 144 valence electrons. The van der Waals surface area contributed by atoms with Crippen LogP contribution in [0.5, 0.6) is 0 Å². The first-order valence-electron chi connectivity index (χ1n) is 9.18. The van der Waals surface area contributed by atoms with Gasteiger partial charge in [0.05, 0.1) is 11.1 Å². The third-order valence-electron chi connectivity index (χ3n) is 4.99. The maximum atomic E-state index is 12.5. The average Bonchev–Trinajstić information content (AvgIpc) is 3.08. The van der Waals surface area contributed by atoms with Gasteiger partial charge in [-0.05, 0) is 43.7 Å². The number of nitrogens with one attached hydrogen (secondary N) is 1. The normalized spacial score (nSPS) is 14.2. The zero-order valence-corrected chi connectivity index (χ0v) is 18.0. The summed E-state index contributed by atoms with van der Waals surface area (Å²) in [7, 11) is 0. The highest BCUT2D eigenvalue weighted by molar-refractivity contribution is 7.98. The standard InChI is InChI=1S/C19H19N5OS3/c1-10-11(2)28-18-16(10)17(25)20-14(21-18)9-27-19-23-22-15(24(19)12-5-6-12)8-13-4-3-7-26-13/h3-4,7,12H,5-6,8-9H2,1-2H3,(H,20,21,25). The lowest BCUT2D eigenvalue weighted by molar-refractivity contribution is 0.635. The molecule has 0 aliphatic heterocycles. The van der Waals surface area contributed by atoms with Crippen LogP contribution in [0, 0.1) is 13.8 Å². The Labute approximate surface area is 174 Å². The predicted octanol–water partition coefficient (Wildman–Crippen LogP) is 4.47. The van der Waals surface area contributed by atoms with E-state index in [-0.39, 0.29) is 5.56 Å². The maximum absolute atomic E-state index is 12.5. The van der Waals surface area contributed by atoms with E-state index in [9.17, 15) is 4.79 Å². The second-order valence-corrected chi connectivity index (χ2v) is 10.2. The second kappa shape index (κ2) is 7.13. The van der Waals surface area contributed by atoms with E-state index in [1.54, 1.807) is 34.4 Å². The molecule has 9 heteroatoms. The molecule has 0 unspecified atom stereocenters. The van der Waals surface area contributed by atoms with E-state index in [0.717, 1.165) is 38.1 Å². The molecule has 0 atom stereocenters. The molecule has 4 aromatic heterocycles. The van der Waals surface area contributed by atoms with Crippen LogP contribution in [0.2, 0.25) is 0 Å². The molecule has 0 spiro atoms. The summed E-state index contributed by atoms with van der Waals surface area (Å²) in [5.41, 5.74) is 0.976. The number of thiophene rings is 2. The number of aromatic amines is 1. The van der Waals surface area contributed by atoms with Crippen LogP contribution in [0.1, 0.15) is 45.9 Å². The lowest BCUT2D eigenvalue weighted by Gasteiger charge is -2.08. The molecular weight excluding hydrogens is 410 g/mol. The quantitative estimate of drug-likeness (QED) is 0.458. The van der Waals surface area contributed by atoms with Crippen LogP contribution in [0.25, 0.3) is 10.2 Å². The largest absolute Gasteiger partial charge is 0.309 e. The van der Waals surface area contributed by atoms with E-state index in [4.69, 9.17) is 0 Å². The van der Waals surface area contributed by atoms with Crippen molar-refractivity contribution in [3.63, 3.8) is 0 Å². The number of hydrogen-bond donors (Lipinski definition) is 1. The minimum atomic E-state index is -0.0514. The van der Waals surface area contributed by atoms with Gasteiger partial charge in [-0.2, -0.15) is 0 Å². The van der Waals surface area contributed by atoms with Crippen LogP contribution in [0.4, 0.5) is 0 Å². The van der Waals surface area contributed by atoms with Gasteiger partial charge in [-0.25, -0.2) is 4.98 Å². The van der Waals surface area contributed by atoms with Gasteiger partial charge in [0.1, 0.15) is 16.5 Å². The number of rotatable bonds is 6. The van der Waals surface area contributed by atoms with Crippen molar-refractivity contribution in [2.24, 2.45) is 0 Å². The minimum Gasteiger partial charge on any atom is -0.309 e. The summed E-state index contributed by atoms with van der Waals surface area (Å²) in [6, 6.07) is 4.71. The summed E-state index contributed by atoms with van der Waals surface area (Å²) in [6.45, 7) is 4.01. The summed E-state index contributed by atoms with van der Waals surface area (Å²) in [4.78, 5) is 23.4. The van der Waals surface area contributed by atoms with Crippen molar-refractivity contribution in [3.05, 3.63) is 54.8 Å². The van der Waals surface area contributed by atoms with Crippen molar-refractivity contribution < 1.29 is 0 Å². The number of H-pyrrole nitrogens is 1. The van der Waals surface area contributed by atoms with Crippen molar-refractivity contribution in [2.45, 2.75) is 50.1 Å². The van der Waals surface area contributed by atoms with Gasteiger partial charge in [-0.3, -0.25) is 4.79 Å². The van der Waals surface area contributed by atoms with E-state index in [2.05, 4.69) is 42.2 Å². The molecule has 1 N–H and O–H groups in total. The van der Waals surface area contributed by atoms with Crippen molar-refractivity contribution in [1.82, 2.24) is 24.7 Å². The van der Waals surface area contributed by atoms with Crippen LogP contribution in [0.15, 0.2) is 27.5 Å². The summed E-state index contributed by atoms with van der Waals surface area (Å²) < 4.78 is 2.28. The maximum Gasteiger partial charge on any atom is 0.259 e. The molecule has 0 amide bonds. The van der Waals surface area contributed by atoms with Crippen LogP contribution in [-0.2, 0) is 12.2 Å². The van der Waals surface area contributed by atoms with Gasteiger partial charge >= 0.3 is 0 Å². The van der Waals surface area contributed by atoms with Crippen LogP contribution in [-0.4, -0.2) is 24.7 Å². The summed E-state index contributed by atoms with van der Waals surface area (Å²) in [6.07, 6.45) is 3.17. The highest BCUT2D eigenvalue weighted by Gasteiger charge is 2.29. The first-order valence-corrected chi connectivity index (χ1v) is 11.9. The van der Waals surface area contributed by atoms with Crippen LogP contribution in [0.3, 0.4) is 0 Å². The molecule has 1 aliphatic rings. The van der Waals surface area contributed by atoms with Gasteiger partial charge in [0, 0.05) is 22.2 Å². The van der Waals surface area contributed by atoms with E-state index >= 15 is 0 Å². The Bertz CT molecular complexity index is 1200. The predicted molar refractivity (Wildman–Crippen MR) is 115 cm³/mol. The molecule has 0 radical (unpaired) electrons. The number of nitrogens with zero attached hydrogens (tertiary/aromatic N) is 4. The Morgan fingerprint density at radius 3 is 2.93 bits per heavy atom. The fourth-order valence-electron chi connectivity index (χ4n) is 3.30. The first kappa shape index (κ1) is 18.1. The summed E-state index contributed by atoms with van der Waals surface area (Å²) in [5.74, 6) is 2.29. The molecule has 4 heterocycles. The SMILES string of the molecule is Cc1sc2nc(CSc3nnc(Cc4cccs4)n3C3CC3)[nH]c(=O)c2c1C. The molecule has 6 nitrogen and oxygen atoms in total. The van der Waals surface area contributed by atoms with E-state index in [1.807, 2.05) is 13.8 Å². The Morgan fingerprint density at radius 1 is 1.32 bits per heavy atom. The van der Waals surface area contributed by atoms with Gasteiger partial charge in [0.2, 0.25) is 0 Å². The Balaban J connectivity index is 1.40. The third-order valence-corrected chi connectivity index (χ3v) is 7.92. The highest BCUT2D eigenvalue weighted by Crippen LogP contribution is 2.39. The first-order chi connectivity index (χ1) is 13.6. The molecule has 1 aliphatic carbocycles. The minimum absolute atomic E-state index is 0.0514. The zero-order chi connectivity index (χ0) is 19.3. The van der Waals surface area contributed by atoms with Gasteiger partial charge in [0.15, 0.2) is 5.16 Å². The lowest BCUT2D eigenvalue weighted by Crippen LogP contribution is -2.11. The second-order valence-electron chi connectivity index (χ2n) is 7.02. The fourth-order valence-corrected chi connectivity index (χ4v) is 5.94. The van der Waals surface area contributed by atoms with Crippen molar-refractivity contribution in [1.29, 1.82) is 0 Å². The molecule has 1 fully saturated rings. The van der Waals surface area contributed by atoms with Crippen molar-refractivity contribution in [2.75, 3.05) is 0 Å². The van der Waals surface area contributed by atoms with E-state index < -0.39 is 0 Å². The third kappa shape index (κ3) is 3.31. The number of aryl methyl sites for hydroxylation is 2. The topological polar surface area (TPSA) is 76.5 Å². The summed E-state index contributed by atoms with van der Waals surface area (Å²) in [5, 5.41) is 12.6. The molecule has 4 aromatic rings. The molecule has 0 saturated heterocycles. The molecule has 1 saturated carbocycles. The van der Waals surface area contributed by atoms with Gasteiger partial charge < -0.3 is 9.55 Å². The Morgan fingerprint density at radius 2 is 2.18 bits per heavy atom. The Kier molecular flexibility index (Phi) is 4.60. The molecule has 5 rings (SSSR count). The number of thioether (sulfide) groups is 1.